The summed E-state index contributed by atoms with van der Waals surface area (Å²) in [7, 11) is 1.57. The topological polar surface area (TPSA) is 117 Å². The molecule has 0 bridgehead atoms. The van der Waals surface area contributed by atoms with Crippen LogP contribution in [-0.4, -0.2) is 51.8 Å². The fourth-order valence-corrected chi connectivity index (χ4v) is 3.59. The second-order valence-corrected chi connectivity index (χ2v) is 7.27. The van der Waals surface area contributed by atoms with E-state index in [0.29, 0.717) is 21.4 Å². The van der Waals surface area contributed by atoms with Crippen LogP contribution in [0.4, 0.5) is 5.69 Å². The van der Waals surface area contributed by atoms with Gasteiger partial charge in [0, 0.05) is 7.05 Å². The number of nitrogens with zero attached hydrogens (tertiary/aromatic N) is 2. The van der Waals surface area contributed by atoms with Crippen LogP contribution in [0, 0.1) is 0 Å². The first-order valence-electron chi connectivity index (χ1n) is 8.88. The highest BCUT2D eigenvalue weighted by Gasteiger charge is 2.30. The lowest BCUT2D eigenvalue weighted by Crippen LogP contribution is -2.23. The van der Waals surface area contributed by atoms with E-state index in [1.54, 1.807) is 55.6 Å². The number of carbonyl (C=O) groups excluding carboxylic acids is 1. The molecule has 0 aromatic heterocycles. The summed E-state index contributed by atoms with van der Waals surface area (Å²) in [6, 6.07) is 13.3. The summed E-state index contributed by atoms with van der Waals surface area (Å²) in [6.45, 7) is 0.0472. The van der Waals surface area contributed by atoms with Crippen LogP contribution in [0.2, 0.25) is 0 Å². The largest absolute Gasteiger partial charge is 0.493 e. The lowest BCUT2D eigenvalue weighted by atomic mass is 10.2. The van der Waals surface area contributed by atoms with Crippen LogP contribution >= 0.6 is 11.8 Å². The molecule has 30 heavy (non-hydrogen) atoms. The third-order valence-electron chi connectivity index (χ3n) is 4.09. The Morgan fingerprint density at radius 1 is 1.17 bits per heavy atom. The van der Waals surface area contributed by atoms with E-state index >= 15 is 0 Å². The Balaban J connectivity index is 1.82. The van der Waals surface area contributed by atoms with Gasteiger partial charge >= 0.3 is 11.9 Å². The highest BCUT2D eigenvalue weighted by atomic mass is 32.2. The highest BCUT2D eigenvalue weighted by molar-refractivity contribution is 8.18. The number of hydrogen-bond donors (Lipinski definition) is 2. The first-order valence-corrected chi connectivity index (χ1v) is 9.70. The maximum Gasteiger partial charge on any atom is 0.337 e. The van der Waals surface area contributed by atoms with Gasteiger partial charge in [0.25, 0.3) is 5.91 Å². The molecule has 2 N–H and O–H groups in total. The van der Waals surface area contributed by atoms with Gasteiger partial charge in [0.1, 0.15) is 5.75 Å². The number of likely N-dealkylation sites (N-methyl/N-ethyl adjacent to an activating group) is 1. The predicted octanol–water partition coefficient (Wildman–Crippen LogP) is 3.47. The zero-order valence-corrected chi connectivity index (χ0v) is 16.8. The summed E-state index contributed by atoms with van der Waals surface area (Å²) in [5, 5.41) is 18.4. The molecule has 1 heterocycles. The highest BCUT2D eigenvalue weighted by Crippen LogP contribution is 2.34. The van der Waals surface area contributed by atoms with Gasteiger partial charge in [-0.1, -0.05) is 24.3 Å². The van der Waals surface area contributed by atoms with Gasteiger partial charge in [0.2, 0.25) is 0 Å². The number of rotatable bonds is 7. The zero-order chi connectivity index (χ0) is 21.7. The van der Waals surface area contributed by atoms with Crippen LogP contribution in [-0.2, 0) is 9.59 Å². The first-order chi connectivity index (χ1) is 14.3. The van der Waals surface area contributed by atoms with Crippen molar-refractivity contribution < 1.29 is 29.3 Å². The minimum atomic E-state index is -1.09. The minimum absolute atomic E-state index is 0.0472. The average Bonchev–Trinajstić information content (AvgIpc) is 2.96. The Kier molecular flexibility index (Phi) is 6.53. The van der Waals surface area contributed by atoms with E-state index < -0.39 is 11.9 Å². The number of amides is 1. The van der Waals surface area contributed by atoms with Crippen molar-refractivity contribution in [2.45, 2.75) is 6.42 Å². The van der Waals surface area contributed by atoms with Crippen molar-refractivity contribution in [3.8, 4) is 5.75 Å². The van der Waals surface area contributed by atoms with Gasteiger partial charge in [-0.05, 0) is 47.7 Å². The molecule has 0 unspecified atom stereocenters. The number of carbonyl (C=O) groups is 3. The van der Waals surface area contributed by atoms with E-state index in [1.807, 2.05) is 0 Å². The molecule has 3 rings (SSSR count). The van der Waals surface area contributed by atoms with E-state index in [1.165, 1.54) is 11.0 Å². The van der Waals surface area contributed by atoms with Crippen molar-refractivity contribution in [3.63, 3.8) is 0 Å². The molecule has 1 aliphatic heterocycles. The number of benzene rings is 2. The number of hydrogen-bond acceptors (Lipinski definition) is 6. The van der Waals surface area contributed by atoms with Crippen LogP contribution in [0.25, 0.3) is 6.08 Å². The molecule has 154 valence electrons. The summed E-state index contributed by atoms with van der Waals surface area (Å²) >= 11 is 1.14. The van der Waals surface area contributed by atoms with Crippen molar-refractivity contribution in [1.29, 1.82) is 0 Å². The standard InChI is InChI=1S/C21H18N2O6S/c1-23-19(26)17(12-13-5-4-6-14(11-13)29-10-9-18(24)25)30-21(23)22-16-8-3-2-7-15(16)20(27)28/h2-8,11-12H,9-10H2,1H3,(H,24,25)(H,27,28)/b17-12-,22-21?. The van der Waals surface area contributed by atoms with Crippen LogP contribution < -0.4 is 4.74 Å². The molecule has 9 heteroatoms. The second kappa shape index (κ2) is 9.27. The van der Waals surface area contributed by atoms with Crippen molar-refractivity contribution in [3.05, 3.63) is 64.6 Å². The van der Waals surface area contributed by atoms with E-state index in [0.717, 1.165) is 11.8 Å². The monoisotopic (exact) mass is 426 g/mol. The summed E-state index contributed by atoms with van der Waals surface area (Å²) in [4.78, 5) is 40.7. The number of aliphatic carboxylic acids is 1. The Labute approximate surface area is 176 Å². The molecule has 1 amide bonds. The molecule has 2 aromatic rings. The number of thioether (sulfide) groups is 1. The maximum absolute atomic E-state index is 12.6. The lowest BCUT2D eigenvalue weighted by molar-refractivity contribution is -0.137. The second-order valence-electron chi connectivity index (χ2n) is 6.26. The van der Waals surface area contributed by atoms with Crippen LogP contribution in [0.1, 0.15) is 22.3 Å². The quantitative estimate of drug-likeness (QED) is 0.651. The third-order valence-corrected chi connectivity index (χ3v) is 5.15. The molecule has 1 aliphatic rings. The van der Waals surface area contributed by atoms with Gasteiger partial charge in [-0.3, -0.25) is 14.5 Å². The molecule has 0 atom stereocenters. The lowest BCUT2D eigenvalue weighted by Gasteiger charge is -2.08. The Morgan fingerprint density at radius 2 is 1.93 bits per heavy atom. The van der Waals surface area contributed by atoms with E-state index in [4.69, 9.17) is 9.84 Å². The van der Waals surface area contributed by atoms with Crippen LogP contribution in [0.15, 0.2) is 58.4 Å². The number of amidine groups is 1. The molecule has 0 saturated carbocycles. The zero-order valence-electron chi connectivity index (χ0n) is 15.9. The average molecular weight is 426 g/mol. The number of para-hydroxylation sites is 1. The van der Waals surface area contributed by atoms with Crippen LogP contribution in [0.5, 0.6) is 5.75 Å². The van der Waals surface area contributed by atoms with Crippen molar-refractivity contribution >= 4 is 46.5 Å². The third kappa shape index (κ3) is 5.06. The molecule has 1 fully saturated rings. The Hall–Kier alpha value is -3.59. The fraction of sp³-hybridized carbons (Fsp3) is 0.143. The Morgan fingerprint density at radius 3 is 2.67 bits per heavy atom. The minimum Gasteiger partial charge on any atom is -0.493 e. The maximum atomic E-state index is 12.6. The molecule has 0 aliphatic carbocycles. The summed E-state index contributed by atoms with van der Waals surface area (Å²) in [5.74, 6) is -1.80. The van der Waals surface area contributed by atoms with E-state index in [2.05, 4.69) is 4.99 Å². The first kappa shape index (κ1) is 21.1. The van der Waals surface area contributed by atoms with Gasteiger partial charge in [-0.25, -0.2) is 9.79 Å². The predicted molar refractivity (Wildman–Crippen MR) is 113 cm³/mol. The smallest absolute Gasteiger partial charge is 0.337 e. The summed E-state index contributed by atoms with van der Waals surface area (Å²) in [6.07, 6.45) is 1.57. The summed E-state index contributed by atoms with van der Waals surface area (Å²) in [5.41, 5.74) is 1.02. The number of aromatic carboxylic acids is 1. The fourth-order valence-electron chi connectivity index (χ4n) is 2.61. The molecular weight excluding hydrogens is 408 g/mol. The molecule has 8 nitrogen and oxygen atoms in total. The van der Waals surface area contributed by atoms with E-state index in [-0.39, 0.29) is 30.2 Å². The van der Waals surface area contributed by atoms with Crippen LogP contribution in [0.3, 0.4) is 0 Å². The number of carboxylic acid groups (broad SMARTS) is 2. The normalized spacial score (nSPS) is 16.3. The van der Waals surface area contributed by atoms with E-state index in [9.17, 15) is 19.5 Å². The summed E-state index contributed by atoms with van der Waals surface area (Å²) < 4.78 is 5.41. The number of ether oxygens (including phenoxy) is 1. The van der Waals surface area contributed by atoms with Gasteiger partial charge in [-0.15, -0.1) is 0 Å². The van der Waals surface area contributed by atoms with Crippen molar-refractivity contribution in [2.75, 3.05) is 13.7 Å². The molecule has 1 saturated heterocycles. The molecular formula is C21H18N2O6S. The van der Waals surface area contributed by atoms with Gasteiger partial charge < -0.3 is 14.9 Å². The number of aliphatic imine (C=N–C) groups is 1. The van der Waals surface area contributed by atoms with Crippen molar-refractivity contribution in [1.82, 2.24) is 4.90 Å². The number of carboxylic acids is 2. The molecule has 0 spiro atoms. The van der Waals surface area contributed by atoms with Crippen molar-refractivity contribution in [2.24, 2.45) is 4.99 Å². The Bertz CT molecular complexity index is 1060. The van der Waals surface area contributed by atoms with Gasteiger partial charge in [-0.2, -0.15) is 0 Å². The SMILES string of the molecule is CN1C(=O)/C(=C/c2cccc(OCCC(=O)O)c2)SC1=Nc1ccccc1C(=O)O. The van der Waals surface area contributed by atoms with Gasteiger partial charge in [0.15, 0.2) is 5.17 Å². The molecule has 0 radical (unpaired) electrons. The van der Waals surface area contributed by atoms with Gasteiger partial charge in [0.05, 0.1) is 29.2 Å². The molecule has 2 aromatic carbocycles.